The van der Waals surface area contributed by atoms with Crippen molar-refractivity contribution in [1.29, 1.82) is 0 Å². The number of ether oxygens (including phenoxy) is 1. The van der Waals surface area contributed by atoms with Crippen molar-refractivity contribution in [3.8, 4) is 11.5 Å². The highest BCUT2D eigenvalue weighted by atomic mass is 35.5. The topological polar surface area (TPSA) is 100 Å². The molecule has 7 nitrogen and oxygen atoms in total. The summed E-state index contributed by atoms with van der Waals surface area (Å²) < 4.78 is 4.95. The van der Waals surface area contributed by atoms with Gasteiger partial charge in [0, 0.05) is 5.69 Å². The summed E-state index contributed by atoms with van der Waals surface area (Å²) in [5.74, 6) is -1.65. The number of aromatic hydroxyl groups is 1. The van der Waals surface area contributed by atoms with Gasteiger partial charge >= 0.3 is 11.8 Å². The number of phenolic OH excluding ortho intramolecular Hbond substituents is 1. The maximum atomic E-state index is 11.8. The lowest BCUT2D eigenvalue weighted by Crippen LogP contribution is -2.32. The van der Waals surface area contributed by atoms with Crippen molar-refractivity contribution >= 4 is 46.9 Å². The molecule has 0 aromatic heterocycles. The summed E-state index contributed by atoms with van der Waals surface area (Å²) in [6, 6.07) is 8.91. The molecule has 0 aliphatic heterocycles. The fourth-order valence-corrected chi connectivity index (χ4v) is 2.05. The Labute approximate surface area is 153 Å². The molecule has 2 amide bonds. The Morgan fingerprint density at radius 3 is 2.56 bits per heavy atom. The lowest BCUT2D eigenvalue weighted by molar-refractivity contribution is -0.136. The number of carbonyl (C=O) groups excluding carboxylic acids is 2. The van der Waals surface area contributed by atoms with Crippen molar-refractivity contribution < 1.29 is 19.4 Å². The van der Waals surface area contributed by atoms with Gasteiger partial charge in [-0.25, -0.2) is 5.43 Å². The molecule has 0 atom stereocenters. The Bertz CT molecular complexity index is 840. The molecular weight excluding hydrogens is 369 g/mol. The number of hydrogen-bond acceptors (Lipinski definition) is 5. The third-order valence-electron chi connectivity index (χ3n) is 2.97. The van der Waals surface area contributed by atoms with Crippen molar-refractivity contribution in [2.75, 3.05) is 12.4 Å². The highest BCUT2D eigenvalue weighted by Crippen LogP contribution is 2.26. The van der Waals surface area contributed by atoms with Crippen LogP contribution in [0.4, 0.5) is 5.69 Å². The maximum Gasteiger partial charge on any atom is 0.329 e. The van der Waals surface area contributed by atoms with Gasteiger partial charge in [-0.05, 0) is 42.0 Å². The summed E-state index contributed by atoms with van der Waals surface area (Å²) in [5.41, 5.74) is 2.96. The molecule has 2 aromatic carbocycles. The van der Waals surface area contributed by atoms with E-state index in [1.165, 1.54) is 43.7 Å². The zero-order valence-corrected chi connectivity index (χ0v) is 14.4. The van der Waals surface area contributed by atoms with E-state index in [-0.39, 0.29) is 16.5 Å². The van der Waals surface area contributed by atoms with Crippen LogP contribution >= 0.6 is 23.2 Å². The van der Waals surface area contributed by atoms with Gasteiger partial charge in [0.25, 0.3) is 0 Å². The van der Waals surface area contributed by atoms with E-state index in [0.29, 0.717) is 16.3 Å². The molecule has 2 aromatic rings. The number of hydrogen-bond donors (Lipinski definition) is 3. The van der Waals surface area contributed by atoms with E-state index >= 15 is 0 Å². The van der Waals surface area contributed by atoms with Crippen molar-refractivity contribution in [2.45, 2.75) is 0 Å². The summed E-state index contributed by atoms with van der Waals surface area (Å²) in [5, 5.41) is 16.1. The van der Waals surface area contributed by atoms with Crippen LogP contribution in [0.2, 0.25) is 10.0 Å². The van der Waals surface area contributed by atoms with Crippen molar-refractivity contribution in [3.05, 3.63) is 52.0 Å². The van der Waals surface area contributed by atoms with Crippen molar-refractivity contribution in [2.24, 2.45) is 5.10 Å². The monoisotopic (exact) mass is 381 g/mol. The number of rotatable bonds is 4. The van der Waals surface area contributed by atoms with E-state index in [1.807, 2.05) is 0 Å². The van der Waals surface area contributed by atoms with E-state index in [2.05, 4.69) is 15.8 Å². The fraction of sp³-hybridized carbons (Fsp3) is 0.0625. The van der Waals surface area contributed by atoms with E-state index in [0.717, 1.165) is 0 Å². The highest BCUT2D eigenvalue weighted by Gasteiger charge is 2.13. The number of hydrazone groups is 1. The van der Waals surface area contributed by atoms with Crippen LogP contribution in [0.3, 0.4) is 0 Å². The van der Waals surface area contributed by atoms with Gasteiger partial charge < -0.3 is 15.2 Å². The van der Waals surface area contributed by atoms with Crippen molar-refractivity contribution in [1.82, 2.24) is 5.43 Å². The predicted molar refractivity (Wildman–Crippen MR) is 95.5 cm³/mol. The minimum Gasteiger partial charge on any atom is -0.504 e. The van der Waals surface area contributed by atoms with E-state index in [1.54, 1.807) is 6.07 Å². The largest absolute Gasteiger partial charge is 0.504 e. The zero-order chi connectivity index (χ0) is 18.4. The minimum absolute atomic E-state index is 0.0234. The molecule has 0 aliphatic carbocycles. The number of anilines is 1. The second-order valence-electron chi connectivity index (χ2n) is 4.71. The predicted octanol–water partition coefficient (Wildman–Crippen LogP) is 2.80. The lowest BCUT2D eigenvalue weighted by atomic mass is 10.2. The maximum absolute atomic E-state index is 11.8. The normalized spacial score (nSPS) is 10.5. The summed E-state index contributed by atoms with van der Waals surface area (Å²) >= 11 is 11.6. The van der Waals surface area contributed by atoms with Crippen LogP contribution in [0.15, 0.2) is 41.5 Å². The molecule has 0 heterocycles. The molecule has 0 bridgehead atoms. The van der Waals surface area contributed by atoms with Gasteiger partial charge in [0.2, 0.25) is 0 Å². The van der Waals surface area contributed by atoms with Crippen LogP contribution in [0, 0.1) is 0 Å². The Morgan fingerprint density at radius 1 is 1.12 bits per heavy atom. The number of methoxy groups -OCH3 is 1. The molecule has 0 fully saturated rings. The Kier molecular flexibility index (Phi) is 6.21. The lowest BCUT2D eigenvalue weighted by Gasteiger charge is -2.05. The second-order valence-corrected chi connectivity index (χ2v) is 5.53. The first-order valence-electron chi connectivity index (χ1n) is 6.87. The number of amides is 2. The summed E-state index contributed by atoms with van der Waals surface area (Å²) in [4.78, 5) is 23.5. The minimum atomic E-state index is -0.965. The number of nitrogens with zero attached hydrogens (tertiary/aromatic N) is 1. The second kappa shape index (κ2) is 8.36. The molecule has 0 aliphatic rings. The van der Waals surface area contributed by atoms with E-state index in [9.17, 15) is 14.7 Å². The highest BCUT2D eigenvalue weighted by molar-refractivity contribution is 6.42. The molecule has 25 heavy (non-hydrogen) atoms. The third kappa shape index (κ3) is 5.10. The molecule has 2 rings (SSSR count). The Hall–Kier alpha value is -2.77. The molecule has 3 N–H and O–H groups in total. The van der Waals surface area contributed by atoms with Crippen LogP contribution in [0.5, 0.6) is 11.5 Å². The van der Waals surface area contributed by atoms with Crippen LogP contribution in [0.25, 0.3) is 0 Å². The van der Waals surface area contributed by atoms with Gasteiger partial charge in [0.15, 0.2) is 11.5 Å². The number of nitrogens with one attached hydrogen (secondary N) is 2. The quantitative estimate of drug-likeness (QED) is 0.430. The van der Waals surface area contributed by atoms with Crippen LogP contribution in [-0.4, -0.2) is 30.2 Å². The number of benzene rings is 2. The molecule has 0 saturated heterocycles. The van der Waals surface area contributed by atoms with Crippen LogP contribution < -0.4 is 15.5 Å². The van der Waals surface area contributed by atoms with Gasteiger partial charge in [0.1, 0.15) is 0 Å². The third-order valence-corrected chi connectivity index (χ3v) is 3.71. The van der Waals surface area contributed by atoms with E-state index in [4.69, 9.17) is 27.9 Å². The molecule has 0 radical (unpaired) electrons. The Balaban J connectivity index is 1.94. The van der Waals surface area contributed by atoms with Crippen molar-refractivity contribution in [3.63, 3.8) is 0 Å². The molecule has 130 valence electrons. The molecule has 9 heteroatoms. The van der Waals surface area contributed by atoms with Gasteiger partial charge in [-0.2, -0.15) is 5.10 Å². The smallest absolute Gasteiger partial charge is 0.329 e. The average molecular weight is 382 g/mol. The molecule has 0 unspecified atom stereocenters. The molecular formula is C16H13Cl2N3O4. The summed E-state index contributed by atoms with van der Waals surface area (Å²) in [6.07, 6.45) is 1.30. The van der Waals surface area contributed by atoms with E-state index < -0.39 is 11.8 Å². The molecule has 0 spiro atoms. The summed E-state index contributed by atoms with van der Waals surface area (Å²) in [6.45, 7) is 0. The molecule has 0 saturated carbocycles. The van der Waals surface area contributed by atoms with Gasteiger partial charge in [-0.15, -0.1) is 0 Å². The number of halogens is 2. The SMILES string of the molecule is COc1cc(/C=N/NC(=O)C(=O)Nc2ccc(Cl)c(Cl)c2)ccc1O. The van der Waals surface area contributed by atoms with Gasteiger partial charge in [-0.3, -0.25) is 9.59 Å². The van der Waals surface area contributed by atoms with Crippen LogP contribution in [-0.2, 0) is 9.59 Å². The number of phenols is 1. The van der Waals surface area contributed by atoms with Gasteiger partial charge in [0.05, 0.1) is 23.4 Å². The van der Waals surface area contributed by atoms with Gasteiger partial charge in [-0.1, -0.05) is 23.2 Å². The average Bonchev–Trinajstić information content (AvgIpc) is 2.59. The summed E-state index contributed by atoms with van der Waals surface area (Å²) in [7, 11) is 1.41. The first-order chi connectivity index (χ1) is 11.9. The first kappa shape index (κ1) is 18.6. The Morgan fingerprint density at radius 2 is 1.88 bits per heavy atom. The zero-order valence-electron chi connectivity index (χ0n) is 12.9. The standard InChI is InChI=1S/C16H13Cl2N3O4/c1-25-14-6-9(2-5-13(14)22)8-19-21-16(24)15(23)20-10-3-4-11(17)12(18)7-10/h2-8,22H,1H3,(H,20,23)(H,21,24)/b19-8+. The number of carbonyl (C=O) groups is 2. The fourth-order valence-electron chi connectivity index (χ4n) is 1.75. The first-order valence-corrected chi connectivity index (χ1v) is 7.62. The van der Waals surface area contributed by atoms with Crippen LogP contribution in [0.1, 0.15) is 5.56 Å².